The highest BCUT2D eigenvalue weighted by Gasteiger charge is 2.32. The van der Waals surface area contributed by atoms with Crippen molar-refractivity contribution in [3.63, 3.8) is 0 Å². The standard InChI is InChI=1S/C16H12BrN3O3S/c1-18-10-2-4-11(5-3-10)20-9-12(23-16(20)22)8-19-15(21)13-6-7-14(17)24-13/h2-7,12H,8-9H2,(H,19,21)/t12-/m0/s1. The van der Waals surface area contributed by atoms with Crippen LogP contribution in [0.5, 0.6) is 0 Å². The molecule has 1 aliphatic heterocycles. The van der Waals surface area contributed by atoms with E-state index >= 15 is 0 Å². The first-order valence-electron chi connectivity index (χ1n) is 7.06. The summed E-state index contributed by atoms with van der Waals surface area (Å²) >= 11 is 4.66. The highest BCUT2D eigenvalue weighted by molar-refractivity contribution is 9.11. The minimum atomic E-state index is -0.455. The molecule has 1 saturated heterocycles. The monoisotopic (exact) mass is 405 g/mol. The fourth-order valence-electron chi connectivity index (χ4n) is 2.28. The smallest absolute Gasteiger partial charge is 0.414 e. The van der Waals surface area contributed by atoms with E-state index in [4.69, 9.17) is 11.3 Å². The first-order chi connectivity index (χ1) is 11.6. The highest BCUT2D eigenvalue weighted by atomic mass is 79.9. The molecule has 0 bridgehead atoms. The molecule has 2 amide bonds. The number of hydrogen-bond acceptors (Lipinski definition) is 4. The van der Waals surface area contributed by atoms with Gasteiger partial charge in [0.2, 0.25) is 0 Å². The quantitative estimate of drug-likeness (QED) is 0.786. The van der Waals surface area contributed by atoms with Crippen LogP contribution in [0.3, 0.4) is 0 Å². The number of amides is 2. The minimum absolute atomic E-state index is 0.193. The average Bonchev–Trinajstić information content (AvgIpc) is 3.18. The summed E-state index contributed by atoms with van der Waals surface area (Å²) in [4.78, 5) is 29.4. The van der Waals surface area contributed by atoms with Crippen LogP contribution in [0.25, 0.3) is 4.85 Å². The van der Waals surface area contributed by atoms with Gasteiger partial charge in [0.25, 0.3) is 5.91 Å². The second kappa shape index (κ2) is 7.03. The maximum absolute atomic E-state index is 12.0. The molecule has 6 nitrogen and oxygen atoms in total. The van der Waals surface area contributed by atoms with Crippen molar-refractivity contribution in [2.75, 3.05) is 18.0 Å². The van der Waals surface area contributed by atoms with Crippen molar-refractivity contribution >= 4 is 50.6 Å². The molecule has 1 aromatic heterocycles. The Morgan fingerprint density at radius 3 is 2.75 bits per heavy atom. The zero-order valence-corrected chi connectivity index (χ0v) is 14.8. The minimum Gasteiger partial charge on any atom is -0.442 e. The summed E-state index contributed by atoms with van der Waals surface area (Å²) in [6.07, 6.45) is -0.867. The van der Waals surface area contributed by atoms with Gasteiger partial charge < -0.3 is 10.1 Å². The Bertz CT molecular complexity index is 813. The zero-order chi connectivity index (χ0) is 17.1. The van der Waals surface area contributed by atoms with E-state index < -0.39 is 12.2 Å². The van der Waals surface area contributed by atoms with Gasteiger partial charge in [-0.3, -0.25) is 9.69 Å². The number of nitrogens with one attached hydrogen (secondary N) is 1. The van der Waals surface area contributed by atoms with E-state index in [0.29, 0.717) is 22.8 Å². The number of cyclic esters (lactones) is 1. The van der Waals surface area contributed by atoms with Gasteiger partial charge in [-0.1, -0.05) is 12.1 Å². The van der Waals surface area contributed by atoms with E-state index in [9.17, 15) is 9.59 Å². The van der Waals surface area contributed by atoms with Crippen LogP contribution in [0.1, 0.15) is 9.67 Å². The average molecular weight is 406 g/mol. The largest absolute Gasteiger partial charge is 0.442 e. The van der Waals surface area contributed by atoms with Crippen LogP contribution >= 0.6 is 27.3 Å². The number of benzene rings is 1. The van der Waals surface area contributed by atoms with Crippen LogP contribution < -0.4 is 10.2 Å². The maximum Gasteiger partial charge on any atom is 0.414 e. The first kappa shape index (κ1) is 16.5. The van der Waals surface area contributed by atoms with Crippen LogP contribution in [0, 0.1) is 6.57 Å². The highest BCUT2D eigenvalue weighted by Crippen LogP contribution is 2.25. The molecular formula is C16H12BrN3O3S. The van der Waals surface area contributed by atoms with Gasteiger partial charge >= 0.3 is 6.09 Å². The third-order valence-corrected chi connectivity index (χ3v) is 5.07. The Kier molecular flexibility index (Phi) is 4.83. The Labute approximate surface area is 151 Å². The fraction of sp³-hybridized carbons (Fsp3) is 0.188. The molecule has 0 radical (unpaired) electrons. The van der Waals surface area contributed by atoms with Crippen LogP contribution in [-0.4, -0.2) is 31.2 Å². The Hall–Kier alpha value is -2.37. The number of ether oxygens (including phenoxy) is 1. The van der Waals surface area contributed by atoms with E-state index in [1.165, 1.54) is 16.2 Å². The lowest BCUT2D eigenvalue weighted by Crippen LogP contribution is -2.34. The molecule has 0 unspecified atom stereocenters. The van der Waals surface area contributed by atoms with Crippen molar-refractivity contribution in [2.45, 2.75) is 6.10 Å². The molecular weight excluding hydrogens is 394 g/mol. The number of carbonyl (C=O) groups excluding carboxylic acids is 2. The van der Waals surface area contributed by atoms with Gasteiger partial charge in [0.15, 0.2) is 5.69 Å². The van der Waals surface area contributed by atoms with Gasteiger partial charge in [-0.05, 0) is 40.2 Å². The Balaban J connectivity index is 1.58. The summed E-state index contributed by atoms with van der Waals surface area (Å²) in [6, 6.07) is 10.3. The summed E-state index contributed by atoms with van der Waals surface area (Å²) in [7, 11) is 0. The van der Waals surface area contributed by atoms with Crippen molar-refractivity contribution in [2.24, 2.45) is 0 Å². The summed E-state index contributed by atoms with van der Waals surface area (Å²) in [6.45, 7) is 7.54. The normalized spacial score (nSPS) is 16.6. The van der Waals surface area contributed by atoms with E-state index in [-0.39, 0.29) is 12.5 Å². The van der Waals surface area contributed by atoms with Gasteiger partial charge in [0.1, 0.15) is 6.10 Å². The van der Waals surface area contributed by atoms with Gasteiger partial charge in [-0.25, -0.2) is 9.64 Å². The van der Waals surface area contributed by atoms with Crippen molar-refractivity contribution < 1.29 is 14.3 Å². The number of hydrogen-bond donors (Lipinski definition) is 1. The SMILES string of the molecule is [C-]#[N+]c1ccc(N2C[C@H](CNC(=O)c3ccc(Br)s3)OC2=O)cc1. The summed E-state index contributed by atoms with van der Waals surface area (Å²) in [5.74, 6) is -0.193. The van der Waals surface area contributed by atoms with Gasteiger partial charge in [0, 0.05) is 5.69 Å². The number of carbonyl (C=O) groups is 2. The van der Waals surface area contributed by atoms with E-state index in [0.717, 1.165) is 3.79 Å². The van der Waals surface area contributed by atoms with Crippen molar-refractivity contribution in [1.29, 1.82) is 0 Å². The summed E-state index contributed by atoms with van der Waals surface area (Å²) < 4.78 is 6.17. The summed E-state index contributed by atoms with van der Waals surface area (Å²) in [5, 5.41) is 2.77. The second-order valence-corrected chi connectivity index (χ2v) is 7.52. The fourth-order valence-corrected chi connectivity index (χ4v) is 3.58. The molecule has 1 aliphatic rings. The van der Waals surface area contributed by atoms with E-state index in [1.807, 2.05) is 6.07 Å². The van der Waals surface area contributed by atoms with Crippen LogP contribution in [0.2, 0.25) is 0 Å². The molecule has 24 heavy (non-hydrogen) atoms. The Morgan fingerprint density at radius 1 is 1.38 bits per heavy atom. The number of nitrogens with zero attached hydrogens (tertiary/aromatic N) is 2. The van der Waals surface area contributed by atoms with E-state index in [2.05, 4.69) is 26.1 Å². The summed E-state index contributed by atoms with van der Waals surface area (Å²) in [5.41, 5.74) is 1.18. The predicted octanol–water partition coefficient (Wildman–Crippen LogP) is 3.82. The third-order valence-electron chi connectivity index (χ3n) is 3.45. The molecule has 2 aromatic rings. The van der Waals surface area contributed by atoms with Crippen molar-refractivity contribution in [1.82, 2.24) is 5.32 Å². The second-order valence-electron chi connectivity index (χ2n) is 5.06. The van der Waals surface area contributed by atoms with Gasteiger partial charge in [-0.2, -0.15) is 0 Å². The van der Waals surface area contributed by atoms with E-state index in [1.54, 1.807) is 30.3 Å². The van der Waals surface area contributed by atoms with Crippen LogP contribution in [-0.2, 0) is 4.74 Å². The number of rotatable bonds is 4. The molecule has 2 heterocycles. The predicted molar refractivity (Wildman–Crippen MR) is 94.7 cm³/mol. The third kappa shape index (κ3) is 3.58. The molecule has 0 spiro atoms. The maximum atomic E-state index is 12.0. The van der Waals surface area contributed by atoms with Crippen LogP contribution in [0.15, 0.2) is 40.2 Å². The van der Waals surface area contributed by atoms with Gasteiger partial charge in [0.05, 0.1) is 28.3 Å². The first-order valence-corrected chi connectivity index (χ1v) is 8.67. The number of halogens is 1. The molecule has 8 heteroatoms. The lowest BCUT2D eigenvalue weighted by molar-refractivity contribution is 0.0920. The molecule has 1 N–H and O–H groups in total. The number of anilines is 1. The molecule has 0 aliphatic carbocycles. The molecule has 1 atom stereocenters. The molecule has 0 saturated carbocycles. The lowest BCUT2D eigenvalue weighted by atomic mass is 10.2. The topological polar surface area (TPSA) is 63.0 Å². The lowest BCUT2D eigenvalue weighted by Gasteiger charge is -2.13. The Morgan fingerprint density at radius 2 is 2.12 bits per heavy atom. The van der Waals surface area contributed by atoms with Crippen LogP contribution in [0.4, 0.5) is 16.2 Å². The molecule has 1 aromatic carbocycles. The van der Waals surface area contributed by atoms with Gasteiger partial charge in [-0.15, -0.1) is 11.3 Å². The van der Waals surface area contributed by atoms with Crippen molar-refractivity contribution in [3.05, 3.63) is 56.5 Å². The zero-order valence-electron chi connectivity index (χ0n) is 12.4. The molecule has 3 rings (SSSR count). The number of thiophene rings is 1. The van der Waals surface area contributed by atoms with Crippen molar-refractivity contribution in [3.8, 4) is 0 Å². The molecule has 1 fully saturated rings. The molecule has 122 valence electrons.